The van der Waals surface area contributed by atoms with E-state index in [1.807, 2.05) is 30.3 Å². The van der Waals surface area contributed by atoms with Crippen LogP contribution in [0.4, 0.5) is 0 Å². The van der Waals surface area contributed by atoms with Crippen molar-refractivity contribution in [2.24, 2.45) is 0 Å². The Bertz CT molecular complexity index is 626. The van der Waals surface area contributed by atoms with E-state index in [0.29, 0.717) is 6.61 Å². The normalized spacial score (nSPS) is 13.4. The minimum absolute atomic E-state index is 0.704. The van der Waals surface area contributed by atoms with Crippen LogP contribution < -0.4 is 4.74 Å². The van der Waals surface area contributed by atoms with Crippen LogP contribution in [0.15, 0.2) is 30.3 Å². The predicted octanol–water partition coefficient (Wildman–Crippen LogP) is 2.96. The molecule has 22 heavy (non-hydrogen) atoms. The summed E-state index contributed by atoms with van der Waals surface area (Å²) in [5.74, 6) is 1.57. The summed E-state index contributed by atoms with van der Waals surface area (Å²) in [6, 6.07) is 10.1. The zero-order chi connectivity index (χ0) is 15.4. The monoisotopic (exact) mass is 297 g/mol. The van der Waals surface area contributed by atoms with Crippen molar-refractivity contribution in [2.45, 2.75) is 25.7 Å². The highest BCUT2D eigenvalue weighted by Crippen LogP contribution is 2.30. The van der Waals surface area contributed by atoms with Gasteiger partial charge >= 0.3 is 0 Å². The van der Waals surface area contributed by atoms with Crippen molar-refractivity contribution in [3.63, 3.8) is 0 Å². The Morgan fingerprint density at radius 1 is 1.09 bits per heavy atom. The molecule has 0 atom stereocenters. The first-order valence-electron chi connectivity index (χ1n) is 7.97. The molecule has 0 amide bonds. The van der Waals surface area contributed by atoms with Crippen molar-refractivity contribution in [1.29, 1.82) is 0 Å². The van der Waals surface area contributed by atoms with Gasteiger partial charge in [-0.15, -0.1) is 0 Å². The number of hydrogen-bond donors (Lipinski definition) is 0. The smallest absolute Gasteiger partial charge is 0.220 e. The highest BCUT2D eigenvalue weighted by Gasteiger charge is 2.20. The first kappa shape index (κ1) is 15.0. The summed E-state index contributed by atoms with van der Waals surface area (Å²) in [7, 11) is 4.16. The van der Waals surface area contributed by atoms with E-state index < -0.39 is 0 Å². The predicted molar refractivity (Wildman–Crippen MR) is 88.2 cm³/mol. The molecule has 116 valence electrons. The third-order valence-corrected chi connectivity index (χ3v) is 3.92. The van der Waals surface area contributed by atoms with Crippen LogP contribution in [-0.4, -0.2) is 42.1 Å². The molecular formula is C18H23N3O. The minimum Gasteiger partial charge on any atom is -0.477 e. The van der Waals surface area contributed by atoms with Crippen LogP contribution in [0.1, 0.15) is 24.1 Å². The fraction of sp³-hybridized carbons (Fsp3) is 0.444. The first-order valence-corrected chi connectivity index (χ1v) is 7.97. The fourth-order valence-corrected chi connectivity index (χ4v) is 2.78. The van der Waals surface area contributed by atoms with E-state index in [4.69, 9.17) is 9.72 Å². The summed E-state index contributed by atoms with van der Waals surface area (Å²) in [6.45, 7) is 1.73. The van der Waals surface area contributed by atoms with Gasteiger partial charge in [0.2, 0.25) is 5.88 Å². The molecule has 1 aromatic heterocycles. The second-order valence-electron chi connectivity index (χ2n) is 6.00. The van der Waals surface area contributed by atoms with Gasteiger partial charge in [0.15, 0.2) is 5.82 Å². The highest BCUT2D eigenvalue weighted by atomic mass is 16.5. The van der Waals surface area contributed by atoms with Gasteiger partial charge in [0.05, 0.1) is 12.3 Å². The molecule has 4 heteroatoms. The van der Waals surface area contributed by atoms with Gasteiger partial charge in [0, 0.05) is 17.7 Å². The van der Waals surface area contributed by atoms with Crippen LogP contribution in [0.3, 0.4) is 0 Å². The zero-order valence-electron chi connectivity index (χ0n) is 13.4. The molecule has 2 aromatic rings. The molecule has 1 aliphatic carbocycles. The largest absolute Gasteiger partial charge is 0.477 e. The minimum atomic E-state index is 0.704. The molecular weight excluding hydrogens is 274 g/mol. The van der Waals surface area contributed by atoms with E-state index in [9.17, 15) is 0 Å². The van der Waals surface area contributed by atoms with Crippen LogP contribution in [-0.2, 0) is 12.8 Å². The summed E-state index contributed by atoms with van der Waals surface area (Å²) in [6.07, 6.45) is 4.22. The number of hydrogen-bond acceptors (Lipinski definition) is 4. The van der Waals surface area contributed by atoms with Gasteiger partial charge in [-0.1, -0.05) is 30.3 Å². The molecule has 3 rings (SSSR count). The standard InChI is InChI=1S/C18H23N3O/c1-21(2)12-7-13-22-18-15-10-6-11-16(15)19-17(20-18)14-8-4-3-5-9-14/h3-5,8-9H,6-7,10-13H2,1-2H3. The molecule has 1 aromatic carbocycles. The van der Waals surface area contributed by atoms with Gasteiger partial charge in [-0.3, -0.25) is 0 Å². The van der Waals surface area contributed by atoms with E-state index in [1.54, 1.807) is 0 Å². The van der Waals surface area contributed by atoms with Crippen LogP contribution >= 0.6 is 0 Å². The van der Waals surface area contributed by atoms with E-state index in [2.05, 4.69) is 24.0 Å². The number of benzene rings is 1. The average molecular weight is 297 g/mol. The number of nitrogens with zero attached hydrogens (tertiary/aromatic N) is 3. The van der Waals surface area contributed by atoms with Crippen LogP contribution in [0.2, 0.25) is 0 Å². The topological polar surface area (TPSA) is 38.2 Å². The lowest BCUT2D eigenvalue weighted by atomic mass is 10.2. The molecule has 1 heterocycles. The Labute approximate surface area is 132 Å². The lowest BCUT2D eigenvalue weighted by molar-refractivity contribution is 0.271. The Kier molecular flexibility index (Phi) is 4.68. The maximum Gasteiger partial charge on any atom is 0.220 e. The summed E-state index contributed by atoms with van der Waals surface area (Å²) in [5, 5.41) is 0. The zero-order valence-corrected chi connectivity index (χ0v) is 13.4. The molecule has 0 unspecified atom stereocenters. The fourth-order valence-electron chi connectivity index (χ4n) is 2.78. The Morgan fingerprint density at radius 2 is 1.91 bits per heavy atom. The molecule has 0 N–H and O–H groups in total. The molecule has 0 bridgehead atoms. The van der Waals surface area contributed by atoms with E-state index in [0.717, 1.165) is 55.2 Å². The van der Waals surface area contributed by atoms with Crippen LogP contribution in [0, 0.1) is 0 Å². The van der Waals surface area contributed by atoms with Crippen molar-refractivity contribution in [2.75, 3.05) is 27.2 Å². The SMILES string of the molecule is CN(C)CCCOc1nc(-c2ccccc2)nc2c1CCC2. The van der Waals surface area contributed by atoms with Crippen molar-refractivity contribution in [3.05, 3.63) is 41.6 Å². The number of fused-ring (bicyclic) bond motifs is 1. The molecule has 1 aliphatic rings. The third-order valence-electron chi connectivity index (χ3n) is 3.92. The third kappa shape index (κ3) is 3.45. The van der Waals surface area contributed by atoms with Gasteiger partial charge in [-0.25, -0.2) is 4.98 Å². The molecule has 0 spiro atoms. The van der Waals surface area contributed by atoms with E-state index in [-0.39, 0.29) is 0 Å². The number of aromatic nitrogens is 2. The summed E-state index contributed by atoms with van der Waals surface area (Å²) in [4.78, 5) is 11.6. The van der Waals surface area contributed by atoms with Crippen LogP contribution in [0.25, 0.3) is 11.4 Å². The Hall–Kier alpha value is -1.94. The van der Waals surface area contributed by atoms with Crippen molar-refractivity contribution < 1.29 is 4.74 Å². The number of rotatable bonds is 6. The summed E-state index contributed by atoms with van der Waals surface area (Å²) >= 11 is 0. The van der Waals surface area contributed by atoms with E-state index in [1.165, 1.54) is 5.56 Å². The lowest BCUT2D eigenvalue weighted by Crippen LogP contribution is -2.16. The summed E-state index contributed by atoms with van der Waals surface area (Å²) < 4.78 is 5.98. The molecule has 0 fully saturated rings. The molecule has 0 aliphatic heterocycles. The molecule has 0 saturated carbocycles. The van der Waals surface area contributed by atoms with Gasteiger partial charge in [-0.2, -0.15) is 4.98 Å². The second kappa shape index (κ2) is 6.88. The van der Waals surface area contributed by atoms with Crippen molar-refractivity contribution in [1.82, 2.24) is 14.9 Å². The average Bonchev–Trinajstić information content (AvgIpc) is 3.00. The Morgan fingerprint density at radius 3 is 2.68 bits per heavy atom. The van der Waals surface area contributed by atoms with E-state index >= 15 is 0 Å². The molecule has 0 radical (unpaired) electrons. The molecule has 4 nitrogen and oxygen atoms in total. The Balaban J connectivity index is 1.81. The van der Waals surface area contributed by atoms with Crippen molar-refractivity contribution >= 4 is 0 Å². The van der Waals surface area contributed by atoms with Gasteiger partial charge in [-0.05, 0) is 39.8 Å². The number of ether oxygens (including phenoxy) is 1. The van der Waals surface area contributed by atoms with Gasteiger partial charge < -0.3 is 9.64 Å². The second-order valence-corrected chi connectivity index (χ2v) is 6.00. The van der Waals surface area contributed by atoms with Crippen molar-refractivity contribution in [3.8, 4) is 17.3 Å². The quantitative estimate of drug-likeness (QED) is 0.768. The lowest BCUT2D eigenvalue weighted by Gasteiger charge is -2.13. The van der Waals surface area contributed by atoms with Gasteiger partial charge in [0.1, 0.15) is 0 Å². The number of aryl methyl sites for hydroxylation is 1. The maximum absolute atomic E-state index is 5.98. The van der Waals surface area contributed by atoms with Gasteiger partial charge in [0.25, 0.3) is 0 Å². The maximum atomic E-state index is 5.98. The van der Waals surface area contributed by atoms with Crippen LogP contribution in [0.5, 0.6) is 5.88 Å². The molecule has 0 saturated heterocycles. The first-order chi connectivity index (χ1) is 10.7. The highest BCUT2D eigenvalue weighted by molar-refractivity contribution is 5.56. The summed E-state index contributed by atoms with van der Waals surface area (Å²) in [5.41, 5.74) is 3.43.